The Morgan fingerprint density at radius 1 is 1.15 bits per heavy atom. The van der Waals surface area contributed by atoms with E-state index in [1.54, 1.807) is 19.2 Å². The molecule has 0 bridgehead atoms. The summed E-state index contributed by atoms with van der Waals surface area (Å²) in [6.07, 6.45) is 0.753. The maximum Gasteiger partial charge on any atom is 0.269 e. The van der Waals surface area contributed by atoms with Crippen molar-refractivity contribution in [1.29, 1.82) is 0 Å². The van der Waals surface area contributed by atoms with Crippen molar-refractivity contribution in [1.82, 2.24) is 8.87 Å². The minimum absolute atomic E-state index is 0.270. The van der Waals surface area contributed by atoms with Crippen LogP contribution in [0.15, 0.2) is 47.4 Å². The first-order valence-corrected chi connectivity index (χ1v) is 10.0. The molecule has 0 fully saturated rings. The van der Waals surface area contributed by atoms with Gasteiger partial charge in [0.15, 0.2) is 0 Å². The molecule has 1 unspecified atom stereocenters. The van der Waals surface area contributed by atoms with E-state index in [0.717, 1.165) is 34.4 Å². The molecule has 1 aromatic heterocycles. The zero-order valence-corrected chi connectivity index (χ0v) is 16.2. The summed E-state index contributed by atoms with van der Waals surface area (Å²) < 4.78 is 33.3. The lowest BCUT2D eigenvalue weighted by Gasteiger charge is -2.20. The molecule has 26 heavy (non-hydrogen) atoms. The molecule has 4 rings (SSSR count). The predicted molar refractivity (Wildman–Crippen MR) is 103 cm³/mol. The summed E-state index contributed by atoms with van der Waals surface area (Å²) >= 11 is 0. The van der Waals surface area contributed by atoms with Crippen molar-refractivity contribution in [3.05, 3.63) is 48.0 Å². The molecule has 0 spiro atoms. The zero-order valence-electron chi connectivity index (χ0n) is 15.4. The number of ether oxygens (including phenoxy) is 1. The largest absolute Gasteiger partial charge is 0.497 e. The highest BCUT2D eigenvalue weighted by atomic mass is 32.2. The molecular weight excluding hydrogens is 348 g/mol. The first-order valence-electron chi connectivity index (χ1n) is 8.59. The summed E-state index contributed by atoms with van der Waals surface area (Å²) in [5.74, 6) is 0.728. The molecule has 2 aromatic carbocycles. The van der Waals surface area contributed by atoms with Crippen LogP contribution >= 0.6 is 0 Å². The number of benzene rings is 2. The van der Waals surface area contributed by atoms with Crippen molar-refractivity contribution in [3.63, 3.8) is 0 Å². The van der Waals surface area contributed by atoms with Crippen LogP contribution in [0.5, 0.6) is 5.75 Å². The van der Waals surface area contributed by atoms with Gasteiger partial charge in [-0.25, -0.2) is 12.4 Å². The summed E-state index contributed by atoms with van der Waals surface area (Å²) in [6, 6.07) is 13.1. The summed E-state index contributed by atoms with van der Waals surface area (Å²) in [7, 11) is 2.11. The Hall–Kier alpha value is -2.31. The van der Waals surface area contributed by atoms with Crippen LogP contribution in [0.4, 0.5) is 0 Å². The van der Waals surface area contributed by atoms with E-state index in [1.165, 1.54) is 3.97 Å². The third-order valence-electron chi connectivity index (χ3n) is 5.28. The average Bonchev–Trinajstić information content (AvgIpc) is 3.07. The Balaban J connectivity index is 2.10. The number of hydrogen-bond donors (Lipinski definition) is 0. The van der Waals surface area contributed by atoms with Crippen molar-refractivity contribution < 1.29 is 13.2 Å². The molecule has 3 aromatic rings. The van der Waals surface area contributed by atoms with Gasteiger partial charge in [-0.3, -0.25) is 0 Å². The minimum atomic E-state index is -3.58. The quantitative estimate of drug-likeness (QED) is 0.553. The summed E-state index contributed by atoms with van der Waals surface area (Å²) in [4.78, 5) is 2.53. The molecule has 0 N–H and O–H groups in total. The van der Waals surface area contributed by atoms with Gasteiger partial charge in [-0.15, -0.1) is 0 Å². The maximum absolute atomic E-state index is 13.2. The molecular formula is C20H22N2O3S. The Morgan fingerprint density at radius 2 is 1.88 bits per heavy atom. The number of hydrogen-bond acceptors (Lipinski definition) is 4. The number of aromatic nitrogens is 1. The molecule has 1 atom stereocenters. The van der Waals surface area contributed by atoms with Crippen LogP contribution in [0.3, 0.4) is 0 Å². The van der Waals surface area contributed by atoms with E-state index in [2.05, 4.69) is 11.8 Å². The number of rotatable bonds is 4. The van der Waals surface area contributed by atoms with E-state index in [1.807, 2.05) is 44.4 Å². The smallest absolute Gasteiger partial charge is 0.269 e. The first kappa shape index (κ1) is 17.1. The van der Waals surface area contributed by atoms with Gasteiger partial charge in [-0.2, -0.15) is 0 Å². The number of likely N-dealkylation sites (N-methyl/N-ethyl adjacent to an activating group) is 1. The molecule has 136 valence electrons. The zero-order chi connectivity index (χ0) is 18.6. The van der Waals surface area contributed by atoms with E-state index in [0.29, 0.717) is 10.4 Å². The van der Waals surface area contributed by atoms with Gasteiger partial charge in [0.2, 0.25) is 0 Å². The SMILES string of the molecule is COc1ccc2c(c1)c(CC(C)N(C)C)c1n2S(=O)(=O)c2ccccc2-1. The van der Waals surface area contributed by atoms with E-state index in [9.17, 15) is 8.42 Å². The topological polar surface area (TPSA) is 51.5 Å². The third-order valence-corrected chi connectivity index (χ3v) is 7.05. The van der Waals surface area contributed by atoms with Gasteiger partial charge in [0.05, 0.1) is 23.2 Å². The van der Waals surface area contributed by atoms with E-state index in [4.69, 9.17) is 4.74 Å². The Bertz CT molecular complexity index is 1110. The van der Waals surface area contributed by atoms with Crippen LogP contribution in [-0.4, -0.2) is 44.5 Å². The summed E-state index contributed by atoms with van der Waals surface area (Å²) in [5, 5.41) is 0.936. The molecule has 5 nitrogen and oxygen atoms in total. The van der Waals surface area contributed by atoms with E-state index < -0.39 is 10.0 Å². The highest BCUT2D eigenvalue weighted by Gasteiger charge is 2.37. The van der Waals surface area contributed by atoms with Gasteiger partial charge in [0, 0.05) is 17.0 Å². The lowest BCUT2D eigenvalue weighted by atomic mass is 9.99. The molecule has 0 saturated carbocycles. The van der Waals surface area contributed by atoms with Gasteiger partial charge in [0.25, 0.3) is 10.0 Å². The van der Waals surface area contributed by atoms with Crippen LogP contribution in [0, 0.1) is 0 Å². The summed E-state index contributed by atoms with van der Waals surface area (Å²) in [5.41, 5.74) is 3.33. The normalized spacial score (nSPS) is 15.9. The van der Waals surface area contributed by atoms with Gasteiger partial charge in [-0.1, -0.05) is 18.2 Å². The monoisotopic (exact) mass is 370 g/mol. The second-order valence-corrected chi connectivity index (χ2v) is 8.75. The molecule has 0 radical (unpaired) electrons. The lowest BCUT2D eigenvalue weighted by Crippen LogP contribution is -2.26. The van der Waals surface area contributed by atoms with Crippen LogP contribution in [0.1, 0.15) is 12.5 Å². The van der Waals surface area contributed by atoms with Gasteiger partial charge >= 0.3 is 0 Å². The third kappa shape index (κ3) is 2.29. The summed E-state index contributed by atoms with van der Waals surface area (Å²) in [6.45, 7) is 2.14. The molecule has 0 amide bonds. The second-order valence-electron chi connectivity index (χ2n) is 6.99. The molecule has 0 saturated heterocycles. The number of nitrogens with zero attached hydrogens (tertiary/aromatic N) is 2. The van der Waals surface area contributed by atoms with E-state index >= 15 is 0 Å². The lowest BCUT2D eigenvalue weighted by molar-refractivity contribution is 0.313. The van der Waals surface area contributed by atoms with Crippen LogP contribution in [-0.2, 0) is 16.4 Å². The molecule has 0 aliphatic carbocycles. The standard InChI is InChI=1S/C20H22N2O3S/c1-13(21(2)3)11-17-16-12-14(25-4)9-10-18(16)22-20(17)15-7-5-6-8-19(15)26(22,23)24/h5-10,12-13H,11H2,1-4H3. The van der Waals surface area contributed by atoms with Crippen molar-refractivity contribution in [2.24, 2.45) is 0 Å². The maximum atomic E-state index is 13.2. The molecule has 1 aliphatic rings. The van der Waals surface area contributed by atoms with Crippen molar-refractivity contribution >= 4 is 20.9 Å². The predicted octanol–water partition coefficient (Wildman–Crippen LogP) is 3.36. The average molecular weight is 370 g/mol. The number of fused-ring (bicyclic) bond motifs is 5. The Kier molecular flexibility index (Phi) is 3.86. The molecule has 2 heterocycles. The van der Waals surface area contributed by atoms with Crippen LogP contribution in [0.2, 0.25) is 0 Å². The molecule has 1 aliphatic heterocycles. The first-order chi connectivity index (χ1) is 12.4. The second kappa shape index (κ2) is 5.86. The van der Waals surface area contributed by atoms with Gasteiger partial charge in [0.1, 0.15) is 5.75 Å². The number of methoxy groups -OCH3 is 1. The fraction of sp³-hybridized carbons (Fsp3) is 0.300. The van der Waals surface area contributed by atoms with Gasteiger partial charge < -0.3 is 9.64 Å². The van der Waals surface area contributed by atoms with Crippen LogP contribution in [0.25, 0.3) is 22.2 Å². The van der Waals surface area contributed by atoms with Gasteiger partial charge in [-0.05, 0) is 57.3 Å². The fourth-order valence-corrected chi connectivity index (χ4v) is 5.38. The highest BCUT2D eigenvalue weighted by molar-refractivity contribution is 7.90. The Morgan fingerprint density at radius 3 is 2.58 bits per heavy atom. The Labute approximate surface area is 153 Å². The molecule has 6 heteroatoms. The van der Waals surface area contributed by atoms with E-state index in [-0.39, 0.29) is 6.04 Å². The van der Waals surface area contributed by atoms with Crippen molar-refractivity contribution in [2.45, 2.75) is 24.3 Å². The van der Waals surface area contributed by atoms with Crippen molar-refractivity contribution in [3.8, 4) is 17.0 Å². The highest BCUT2D eigenvalue weighted by Crippen LogP contribution is 2.45. The van der Waals surface area contributed by atoms with Crippen molar-refractivity contribution in [2.75, 3.05) is 21.2 Å². The fourth-order valence-electron chi connectivity index (χ4n) is 3.62. The minimum Gasteiger partial charge on any atom is -0.497 e. The van der Waals surface area contributed by atoms with Crippen LogP contribution < -0.4 is 4.74 Å².